The summed E-state index contributed by atoms with van der Waals surface area (Å²) in [6, 6.07) is 7.47. The molecule has 4 rings (SSSR count). The second-order valence-corrected chi connectivity index (χ2v) is 6.80. The molecule has 8 heteroatoms. The van der Waals surface area contributed by atoms with Gasteiger partial charge in [-0.25, -0.2) is 4.39 Å². The maximum absolute atomic E-state index is 14.2. The summed E-state index contributed by atoms with van der Waals surface area (Å²) in [6.45, 7) is 0. The Morgan fingerprint density at radius 2 is 1.93 bits per heavy atom. The molecule has 2 aromatic carbocycles. The highest BCUT2D eigenvalue weighted by Crippen LogP contribution is 2.40. The molecule has 6 nitrogen and oxygen atoms in total. The Bertz CT molecular complexity index is 1190. The molecule has 0 unspecified atom stereocenters. The van der Waals surface area contributed by atoms with E-state index in [-0.39, 0.29) is 28.3 Å². The van der Waals surface area contributed by atoms with Crippen molar-refractivity contribution in [2.24, 2.45) is 0 Å². The maximum Gasteiger partial charge on any atom is 0.261 e. The summed E-state index contributed by atoms with van der Waals surface area (Å²) >= 11 is 0. The quantitative estimate of drug-likeness (QED) is 0.706. The Kier molecular flexibility index (Phi) is 4.70. The zero-order chi connectivity index (χ0) is 20.7. The molecule has 1 N–H and O–H groups in total. The van der Waals surface area contributed by atoms with Crippen molar-refractivity contribution in [3.05, 3.63) is 63.9 Å². The number of aromatic nitrogens is 1. The van der Waals surface area contributed by atoms with E-state index in [4.69, 9.17) is 9.47 Å². The molecule has 0 atom stereocenters. The molecule has 29 heavy (non-hydrogen) atoms. The van der Waals surface area contributed by atoms with Crippen molar-refractivity contribution in [3.8, 4) is 11.5 Å². The number of anilines is 1. The third kappa shape index (κ3) is 3.30. The van der Waals surface area contributed by atoms with E-state index in [1.165, 1.54) is 20.4 Å². The number of ether oxygens (including phenoxy) is 2. The lowest BCUT2D eigenvalue weighted by Crippen LogP contribution is -2.24. The zero-order valence-corrected chi connectivity index (χ0v) is 15.8. The molecular formula is C21H18F2N2O4. The van der Waals surface area contributed by atoms with E-state index < -0.39 is 23.0 Å². The van der Waals surface area contributed by atoms with Gasteiger partial charge in [0, 0.05) is 24.0 Å². The second-order valence-electron chi connectivity index (χ2n) is 6.80. The summed E-state index contributed by atoms with van der Waals surface area (Å²) < 4.78 is 40.1. The van der Waals surface area contributed by atoms with Gasteiger partial charge in [-0.05, 0) is 31.0 Å². The summed E-state index contributed by atoms with van der Waals surface area (Å²) in [6.07, 6.45) is 2.99. The van der Waals surface area contributed by atoms with Crippen molar-refractivity contribution in [2.75, 3.05) is 19.5 Å². The molecule has 1 fully saturated rings. The SMILES string of the molecule is COc1cccc(NC(=O)c2cn(C3CC3)c3c(OC)c(F)c(F)cc3c2=O)c1. The van der Waals surface area contributed by atoms with E-state index in [1.807, 2.05) is 0 Å². The van der Waals surface area contributed by atoms with Gasteiger partial charge in [0.25, 0.3) is 5.91 Å². The fourth-order valence-electron chi connectivity index (χ4n) is 3.32. The van der Waals surface area contributed by atoms with E-state index in [1.54, 1.807) is 28.8 Å². The number of carbonyl (C=O) groups excluding carboxylic acids is 1. The van der Waals surface area contributed by atoms with Gasteiger partial charge >= 0.3 is 0 Å². The molecule has 1 saturated carbocycles. The molecule has 1 amide bonds. The third-order valence-corrected chi connectivity index (χ3v) is 4.88. The van der Waals surface area contributed by atoms with Gasteiger partial charge in [-0.3, -0.25) is 9.59 Å². The van der Waals surface area contributed by atoms with Crippen LogP contribution in [-0.4, -0.2) is 24.7 Å². The Hall–Kier alpha value is -3.42. The smallest absolute Gasteiger partial charge is 0.261 e. The topological polar surface area (TPSA) is 69.6 Å². The van der Waals surface area contributed by atoms with Crippen LogP contribution in [0.1, 0.15) is 29.2 Å². The first-order valence-corrected chi connectivity index (χ1v) is 9.00. The number of amides is 1. The van der Waals surface area contributed by atoms with Crippen LogP contribution in [0.25, 0.3) is 10.9 Å². The van der Waals surface area contributed by atoms with Crippen LogP contribution in [0.2, 0.25) is 0 Å². The molecule has 0 bridgehead atoms. The van der Waals surface area contributed by atoms with Gasteiger partial charge in [0.1, 0.15) is 11.3 Å². The molecule has 0 spiro atoms. The highest BCUT2D eigenvalue weighted by molar-refractivity contribution is 6.06. The summed E-state index contributed by atoms with van der Waals surface area (Å²) in [7, 11) is 2.71. The summed E-state index contributed by atoms with van der Waals surface area (Å²) in [5.74, 6) is -2.83. The van der Waals surface area contributed by atoms with E-state index >= 15 is 0 Å². The number of hydrogen-bond donors (Lipinski definition) is 1. The first-order chi connectivity index (χ1) is 13.9. The predicted octanol–water partition coefficient (Wildman–Crippen LogP) is 3.88. The van der Waals surface area contributed by atoms with Crippen molar-refractivity contribution in [3.63, 3.8) is 0 Å². The number of carbonyl (C=O) groups is 1. The number of pyridine rings is 1. The summed E-state index contributed by atoms with van der Waals surface area (Å²) in [5, 5.41) is 2.54. The van der Waals surface area contributed by atoms with Crippen molar-refractivity contribution >= 4 is 22.5 Å². The highest BCUT2D eigenvalue weighted by atomic mass is 19.2. The first-order valence-electron chi connectivity index (χ1n) is 9.00. The number of nitrogens with one attached hydrogen (secondary N) is 1. The van der Waals surface area contributed by atoms with Crippen LogP contribution in [0.15, 0.2) is 41.3 Å². The maximum atomic E-state index is 14.2. The van der Waals surface area contributed by atoms with Gasteiger partial charge in [-0.1, -0.05) is 6.07 Å². The Balaban J connectivity index is 1.87. The number of hydrogen-bond acceptors (Lipinski definition) is 4. The molecule has 1 aliphatic rings. The Labute approximate surface area is 164 Å². The van der Waals surface area contributed by atoms with Gasteiger partial charge in [0.15, 0.2) is 11.6 Å². The number of rotatable bonds is 5. The molecule has 1 aromatic heterocycles. The molecular weight excluding hydrogens is 382 g/mol. The summed E-state index contributed by atoms with van der Waals surface area (Å²) in [4.78, 5) is 25.8. The molecule has 0 saturated heterocycles. The lowest BCUT2D eigenvalue weighted by atomic mass is 10.1. The van der Waals surface area contributed by atoms with Gasteiger partial charge in [0.2, 0.25) is 11.2 Å². The predicted molar refractivity (Wildman–Crippen MR) is 104 cm³/mol. The molecule has 1 heterocycles. The molecule has 1 aliphatic carbocycles. The number of methoxy groups -OCH3 is 2. The van der Waals surface area contributed by atoms with Crippen molar-refractivity contribution in [1.29, 1.82) is 0 Å². The lowest BCUT2D eigenvalue weighted by Gasteiger charge is -2.16. The molecule has 3 aromatic rings. The normalized spacial score (nSPS) is 13.4. The van der Waals surface area contributed by atoms with Crippen molar-refractivity contribution in [2.45, 2.75) is 18.9 Å². The molecule has 0 aliphatic heterocycles. The Morgan fingerprint density at radius 1 is 1.17 bits per heavy atom. The average molecular weight is 400 g/mol. The van der Waals surface area contributed by atoms with E-state index in [0.717, 1.165) is 18.9 Å². The van der Waals surface area contributed by atoms with Crippen LogP contribution in [0.3, 0.4) is 0 Å². The van der Waals surface area contributed by atoms with Crippen LogP contribution < -0.4 is 20.2 Å². The molecule has 150 valence electrons. The van der Waals surface area contributed by atoms with Crippen LogP contribution >= 0.6 is 0 Å². The van der Waals surface area contributed by atoms with E-state index in [2.05, 4.69) is 5.32 Å². The average Bonchev–Trinajstić information content (AvgIpc) is 3.55. The van der Waals surface area contributed by atoms with Crippen LogP contribution in [-0.2, 0) is 0 Å². The van der Waals surface area contributed by atoms with Crippen molar-refractivity contribution in [1.82, 2.24) is 4.57 Å². The fraction of sp³-hybridized carbons (Fsp3) is 0.238. The number of nitrogens with zero attached hydrogens (tertiary/aromatic N) is 1. The second kappa shape index (κ2) is 7.20. The minimum absolute atomic E-state index is 0.0137. The van der Waals surface area contributed by atoms with Crippen LogP contribution in [0.5, 0.6) is 11.5 Å². The number of fused-ring (bicyclic) bond motifs is 1. The van der Waals surface area contributed by atoms with E-state index in [0.29, 0.717) is 11.4 Å². The Morgan fingerprint density at radius 3 is 2.59 bits per heavy atom. The van der Waals surface area contributed by atoms with Gasteiger partial charge in [-0.15, -0.1) is 0 Å². The van der Waals surface area contributed by atoms with Crippen molar-refractivity contribution < 1.29 is 23.0 Å². The van der Waals surface area contributed by atoms with Crippen LogP contribution in [0.4, 0.5) is 14.5 Å². The fourth-order valence-corrected chi connectivity index (χ4v) is 3.32. The molecule has 0 radical (unpaired) electrons. The number of benzene rings is 2. The monoisotopic (exact) mass is 400 g/mol. The summed E-state index contributed by atoms with van der Waals surface area (Å²) in [5.41, 5.74) is -0.277. The minimum Gasteiger partial charge on any atom is -0.497 e. The van der Waals surface area contributed by atoms with Gasteiger partial charge in [0.05, 0.1) is 25.1 Å². The highest BCUT2D eigenvalue weighted by Gasteiger charge is 2.30. The largest absolute Gasteiger partial charge is 0.497 e. The lowest BCUT2D eigenvalue weighted by molar-refractivity contribution is 0.102. The minimum atomic E-state index is -1.21. The number of halogens is 2. The van der Waals surface area contributed by atoms with Crippen LogP contribution in [0, 0.1) is 11.6 Å². The standard InChI is InChI=1S/C21H18F2N2O4/c1-28-13-5-3-4-11(8-13)24-21(27)15-10-25(12-6-7-12)18-14(19(15)26)9-16(22)17(23)20(18)29-2/h3-5,8-10,12H,6-7H2,1-2H3,(H,24,27). The van der Waals surface area contributed by atoms with E-state index in [9.17, 15) is 18.4 Å². The van der Waals surface area contributed by atoms with Gasteiger partial charge in [-0.2, -0.15) is 4.39 Å². The zero-order valence-electron chi connectivity index (χ0n) is 15.8. The van der Waals surface area contributed by atoms with Gasteiger partial charge < -0.3 is 19.4 Å². The third-order valence-electron chi connectivity index (χ3n) is 4.88. The first kappa shape index (κ1) is 18.9.